The van der Waals surface area contributed by atoms with E-state index in [0.29, 0.717) is 12.1 Å². The minimum Gasteiger partial charge on any atom is -0.378 e. The van der Waals surface area contributed by atoms with Gasteiger partial charge in [0.1, 0.15) is 0 Å². The lowest BCUT2D eigenvalue weighted by atomic mass is 9.84. The minimum absolute atomic E-state index is 0.205. The molecular formula is C14H27NO. The number of rotatable bonds is 7. The molecule has 2 unspecified atom stereocenters. The molecule has 0 aliphatic carbocycles. The molecule has 1 saturated heterocycles. The highest BCUT2D eigenvalue weighted by molar-refractivity contribution is 4.94. The minimum atomic E-state index is 0.205. The van der Waals surface area contributed by atoms with Gasteiger partial charge in [0, 0.05) is 19.2 Å². The first-order valence-electron chi connectivity index (χ1n) is 6.54. The van der Waals surface area contributed by atoms with Crippen molar-refractivity contribution in [3.05, 3.63) is 12.7 Å². The van der Waals surface area contributed by atoms with Crippen LogP contribution in [0.1, 0.15) is 46.5 Å². The first-order valence-corrected chi connectivity index (χ1v) is 6.54. The Morgan fingerprint density at radius 3 is 2.81 bits per heavy atom. The number of ether oxygens (including phenoxy) is 1. The highest BCUT2D eigenvalue weighted by Gasteiger charge is 2.24. The lowest BCUT2D eigenvalue weighted by Gasteiger charge is -2.28. The van der Waals surface area contributed by atoms with Crippen molar-refractivity contribution in [1.29, 1.82) is 0 Å². The van der Waals surface area contributed by atoms with Gasteiger partial charge in [-0.25, -0.2) is 0 Å². The van der Waals surface area contributed by atoms with Crippen LogP contribution in [0.15, 0.2) is 12.7 Å². The zero-order valence-electron chi connectivity index (χ0n) is 11.1. The van der Waals surface area contributed by atoms with Crippen LogP contribution in [-0.4, -0.2) is 25.3 Å². The molecule has 2 nitrogen and oxygen atoms in total. The van der Waals surface area contributed by atoms with Crippen LogP contribution in [0.4, 0.5) is 0 Å². The van der Waals surface area contributed by atoms with Gasteiger partial charge in [-0.15, -0.1) is 6.58 Å². The maximum atomic E-state index is 5.66. The van der Waals surface area contributed by atoms with Gasteiger partial charge in [-0.05, 0) is 31.1 Å². The SMILES string of the molecule is C=CC(C)(CCC1CCCO1)CNC(C)C. The highest BCUT2D eigenvalue weighted by atomic mass is 16.5. The summed E-state index contributed by atoms with van der Waals surface area (Å²) < 4.78 is 5.66. The van der Waals surface area contributed by atoms with Crippen molar-refractivity contribution in [2.45, 2.75) is 58.6 Å². The van der Waals surface area contributed by atoms with Crippen molar-refractivity contribution >= 4 is 0 Å². The van der Waals surface area contributed by atoms with E-state index in [1.54, 1.807) is 0 Å². The van der Waals surface area contributed by atoms with Crippen LogP contribution in [0.25, 0.3) is 0 Å². The average Bonchev–Trinajstić information content (AvgIpc) is 2.76. The largest absolute Gasteiger partial charge is 0.378 e. The third-order valence-electron chi connectivity index (χ3n) is 3.47. The van der Waals surface area contributed by atoms with Crippen LogP contribution in [-0.2, 0) is 4.74 Å². The maximum Gasteiger partial charge on any atom is 0.0576 e. The monoisotopic (exact) mass is 225 g/mol. The van der Waals surface area contributed by atoms with E-state index in [-0.39, 0.29) is 5.41 Å². The standard InChI is InChI=1S/C14H27NO/c1-5-14(4,11-15-12(2)3)9-8-13-7-6-10-16-13/h5,12-13,15H,1,6-11H2,2-4H3. The molecule has 1 aliphatic rings. The van der Waals surface area contributed by atoms with Crippen LogP contribution in [0.5, 0.6) is 0 Å². The predicted molar refractivity (Wildman–Crippen MR) is 69.7 cm³/mol. The lowest BCUT2D eigenvalue weighted by Crippen LogP contribution is -2.35. The van der Waals surface area contributed by atoms with Crippen LogP contribution in [0.3, 0.4) is 0 Å². The van der Waals surface area contributed by atoms with Crippen molar-refractivity contribution < 1.29 is 4.74 Å². The van der Waals surface area contributed by atoms with Gasteiger partial charge in [-0.3, -0.25) is 0 Å². The van der Waals surface area contributed by atoms with Crippen LogP contribution in [0, 0.1) is 5.41 Å². The third kappa shape index (κ3) is 4.67. The normalized spacial score (nSPS) is 24.6. The molecule has 0 aromatic rings. The molecule has 0 aromatic carbocycles. The van der Waals surface area contributed by atoms with Crippen LogP contribution in [0.2, 0.25) is 0 Å². The van der Waals surface area contributed by atoms with Crippen molar-refractivity contribution in [3.63, 3.8) is 0 Å². The molecule has 2 atom stereocenters. The van der Waals surface area contributed by atoms with Gasteiger partial charge in [0.2, 0.25) is 0 Å². The van der Waals surface area contributed by atoms with E-state index in [1.165, 1.54) is 25.7 Å². The molecule has 0 saturated carbocycles. The Morgan fingerprint density at radius 1 is 1.56 bits per heavy atom. The summed E-state index contributed by atoms with van der Waals surface area (Å²) in [7, 11) is 0. The Morgan fingerprint density at radius 2 is 2.31 bits per heavy atom. The van der Waals surface area contributed by atoms with Gasteiger partial charge in [-0.2, -0.15) is 0 Å². The zero-order valence-corrected chi connectivity index (χ0v) is 11.1. The fourth-order valence-electron chi connectivity index (χ4n) is 2.06. The number of hydrogen-bond donors (Lipinski definition) is 1. The summed E-state index contributed by atoms with van der Waals surface area (Å²) >= 11 is 0. The maximum absolute atomic E-state index is 5.66. The Kier molecular flexibility index (Phi) is 5.50. The fourth-order valence-corrected chi connectivity index (χ4v) is 2.06. The predicted octanol–water partition coefficient (Wildman–Crippen LogP) is 3.14. The molecule has 1 aliphatic heterocycles. The molecule has 16 heavy (non-hydrogen) atoms. The summed E-state index contributed by atoms with van der Waals surface area (Å²) in [4.78, 5) is 0. The molecule has 2 heteroatoms. The van der Waals surface area contributed by atoms with E-state index in [4.69, 9.17) is 4.74 Å². The first-order chi connectivity index (χ1) is 7.56. The molecule has 1 heterocycles. The van der Waals surface area contributed by atoms with E-state index >= 15 is 0 Å². The Bertz CT molecular complexity index is 209. The van der Waals surface area contributed by atoms with Crippen molar-refractivity contribution in [2.24, 2.45) is 5.41 Å². The summed E-state index contributed by atoms with van der Waals surface area (Å²) in [5, 5.41) is 3.50. The first kappa shape index (κ1) is 13.7. The van der Waals surface area contributed by atoms with Gasteiger partial charge >= 0.3 is 0 Å². The molecule has 0 radical (unpaired) electrons. The van der Waals surface area contributed by atoms with Gasteiger partial charge in [0.15, 0.2) is 0 Å². The summed E-state index contributed by atoms with van der Waals surface area (Å²) in [6.07, 6.45) is 7.41. The fraction of sp³-hybridized carbons (Fsp3) is 0.857. The highest BCUT2D eigenvalue weighted by Crippen LogP contribution is 2.28. The summed E-state index contributed by atoms with van der Waals surface area (Å²) in [6.45, 7) is 12.6. The van der Waals surface area contributed by atoms with E-state index in [1.807, 2.05) is 0 Å². The molecule has 1 fully saturated rings. The quantitative estimate of drug-likeness (QED) is 0.672. The van der Waals surface area contributed by atoms with E-state index in [9.17, 15) is 0 Å². The topological polar surface area (TPSA) is 21.3 Å². The van der Waals surface area contributed by atoms with Crippen LogP contribution >= 0.6 is 0 Å². The molecule has 1 rings (SSSR count). The lowest BCUT2D eigenvalue weighted by molar-refractivity contribution is 0.0941. The Balaban J connectivity index is 2.30. The van der Waals surface area contributed by atoms with E-state index in [2.05, 4.69) is 38.7 Å². The summed E-state index contributed by atoms with van der Waals surface area (Å²) in [5.41, 5.74) is 0.205. The molecule has 1 N–H and O–H groups in total. The Labute approximate surface area is 100 Å². The van der Waals surface area contributed by atoms with Gasteiger partial charge in [0.05, 0.1) is 6.10 Å². The molecule has 0 amide bonds. The smallest absolute Gasteiger partial charge is 0.0576 e. The summed E-state index contributed by atoms with van der Waals surface area (Å²) in [5.74, 6) is 0. The van der Waals surface area contributed by atoms with Gasteiger partial charge in [0.25, 0.3) is 0 Å². The molecule has 94 valence electrons. The van der Waals surface area contributed by atoms with Crippen molar-refractivity contribution in [3.8, 4) is 0 Å². The summed E-state index contributed by atoms with van der Waals surface area (Å²) in [6, 6.07) is 0.544. The average molecular weight is 225 g/mol. The van der Waals surface area contributed by atoms with E-state index < -0.39 is 0 Å². The molecule has 0 bridgehead atoms. The van der Waals surface area contributed by atoms with Gasteiger partial charge < -0.3 is 10.1 Å². The second kappa shape index (κ2) is 6.41. The molecule has 0 spiro atoms. The number of hydrogen-bond acceptors (Lipinski definition) is 2. The van der Waals surface area contributed by atoms with E-state index in [0.717, 1.165) is 13.2 Å². The van der Waals surface area contributed by atoms with Crippen molar-refractivity contribution in [1.82, 2.24) is 5.32 Å². The molecular weight excluding hydrogens is 198 g/mol. The zero-order chi connectivity index (χ0) is 12.0. The number of nitrogens with one attached hydrogen (secondary N) is 1. The second-order valence-corrected chi connectivity index (χ2v) is 5.57. The molecule has 0 aromatic heterocycles. The van der Waals surface area contributed by atoms with Crippen LogP contribution < -0.4 is 5.32 Å². The Hall–Kier alpha value is -0.340. The van der Waals surface area contributed by atoms with Crippen molar-refractivity contribution in [2.75, 3.05) is 13.2 Å². The van der Waals surface area contributed by atoms with Gasteiger partial charge in [-0.1, -0.05) is 26.8 Å². The third-order valence-corrected chi connectivity index (χ3v) is 3.47. The second-order valence-electron chi connectivity index (χ2n) is 5.57.